The number of halogens is 1. The number of carbonyl (C=O) groups excluding carboxylic acids is 1. The molecule has 2 rings (SSSR count). The summed E-state index contributed by atoms with van der Waals surface area (Å²) in [5, 5.41) is 0. The molecule has 1 atom stereocenters. The SMILES string of the molecule is O=C(c1ccccc1)N1CCC[C@@H](CS(=O)(=O)F)C1. The van der Waals surface area contributed by atoms with Gasteiger partial charge in [-0.15, -0.1) is 3.89 Å². The Morgan fingerprint density at radius 3 is 2.63 bits per heavy atom. The zero-order valence-electron chi connectivity index (χ0n) is 10.5. The minimum absolute atomic E-state index is 0.124. The van der Waals surface area contributed by atoms with Gasteiger partial charge in [0.1, 0.15) is 0 Å². The Balaban J connectivity index is 2.03. The van der Waals surface area contributed by atoms with Gasteiger partial charge in [0.05, 0.1) is 5.75 Å². The van der Waals surface area contributed by atoms with E-state index in [2.05, 4.69) is 0 Å². The number of benzene rings is 1. The standard InChI is InChI=1S/C13H16FNO3S/c14-19(17,18)10-11-5-4-8-15(9-11)13(16)12-6-2-1-3-7-12/h1-3,6-7,11H,4-5,8-10H2/t11-/m1/s1. The number of likely N-dealkylation sites (tertiary alicyclic amines) is 1. The van der Waals surface area contributed by atoms with Crippen LogP contribution in [0.3, 0.4) is 0 Å². The maximum Gasteiger partial charge on any atom is 0.302 e. The van der Waals surface area contributed by atoms with Crippen molar-refractivity contribution in [2.45, 2.75) is 12.8 Å². The highest BCUT2D eigenvalue weighted by atomic mass is 32.3. The summed E-state index contributed by atoms with van der Waals surface area (Å²) in [5.41, 5.74) is 0.575. The Hall–Kier alpha value is -1.43. The van der Waals surface area contributed by atoms with Gasteiger partial charge in [-0.2, -0.15) is 8.42 Å². The van der Waals surface area contributed by atoms with Crippen molar-refractivity contribution in [3.05, 3.63) is 35.9 Å². The number of hydrogen-bond donors (Lipinski definition) is 0. The van der Waals surface area contributed by atoms with Crippen LogP contribution in [0.1, 0.15) is 23.2 Å². The smallest absolute Gasteiger partial charge is 0.302 e. The Kier molecular flexibility index (Phi) is 4.19. The van der Waals surface area contributed by atoms with Crippen LogP contribution in [0.25, 0.3) is 0 Å². The first kappa shape index (κ1) is 14.0. The molecule has 1 fully saturated rings. The van der Waals surface area contributed by atoms with Crippen molar-refractivity contribution < 1.29 is 17.1 Å². The molecule has 0 spiro atoms. The lowest BCUT2D eigenvalue weighted by Gasteiger charge is -2.32. The molecule has 1 saturated heterocycles. The van der Waals surface area contributed by atoms with Gasteiger partial charge in [-0.05, 0) is 30.9 Å². The highest BCUT2D eigenvalue weighted by Gasteiger charge is 2.27. The Bertz CT molecular complexity index is 544. The van der Waals surface area contributed by atoms with Crippen LogP contribution in [-0.4, -0.2) is 38.1 Å². The van der Waals surface area contributed by atoms with Crippen LogP contribution in [0.4, 0.5) is 3.89 Å². The summed E-state index contributed by atoms with van der Waals surface area (Å²) in [6, 6.07) is 8.82. The highest BCUT2D eigenvalue weighted by Crippen LogP contribution is 2.20. The van der Waals surface area contributed by atoms with Crippen LogP contribution in [0.5, 0.6) is 0 Å². The summed E-state index contributed by atoms with van der Waals surface area (Å²) in [7, 11) is -4.48. The fourth-order valence-corrected chi connectivity index (χ4v) is 3.27. The quantitative estimate of drug-likeness (QED) is 0.796. The highest BCUT2D eigenvalue weighted by molar-refractivity contribution is 7.86. The van der Waals surface area contributed by atoms with Gasteiger partial charge in [-0.3, -0.25) is 4.79 Å². The van der Waals surface area contributed by atoms with E-state index in [1.165, 1.54) is 0 Å². The van der Waals surface area contributed by atoms with E-state index in [1.54, 1.807) is 29.2 Å². The maximum absolute atomic E-state index is 12.7. The summed E-state index contributed by atoms with van der Waals surface area (Å²) in [6.07, 6.45) is 1.35. The molecule has 1 heterocycles. The van der Waals surface area contributed by atoms with Gasteiger partial charge >= 0.3 is 10.2 Å². The molecule has 0 saturated carbocycles. The Labute approximate surface area is 112 Å². The van der Waals surface area contributed by atoms with E-state index in [0.717, 1.165) is 0 Å². The second kappa shape index (κ2) is 5.69. The minimum atomic E-state index is -4.48. The summed E-state index contributed by atoms with van der Waals surface area (Å²) in [6.45, 7) is 0.896. The summed E-state index contributed by atoms with van der Waals surface area (Å²) in [5.74, 6) is -0.927. The number of carbonyl (C=O) groups is 1. The van der Waals surface area contributed by atoms with Crippen molar-refractivity contribution in [2.24, 2.45) is 5.92 Å². The van der Waals surface area contributed by atoms with Crippen molar-refractivity contribution in [1.82, 2.24) is 4.90 Å². The van der Waals surface area contributed by atoms with Gasteiger partial charge in [0, 0.05) is 18.7 Å². The summed E-state index contributed by atoms with van der Waals surface area (Å²) >= 11 is 0. The first-order valence-corrected chi connectivity index (χ1v) is 7.77. The third-order valence-corrected chi connectivity index (χ3v) is 4.13. The van der Waals surface area contributed by atoms with Crippen molar-refractivity contribution in [3.63, 3.8) is 0 Å². The molecule has 6 heteroatoms. The van der Waals surface area contributed by atoms with E-state index in [1.807, 2.05) is 6.07 Å². The molecular formula is C13H16FNO3S. The average Bonchev–Trinajstić information content (AvgIpc) is 2.37. The van der Waals surface area contributed by atoms with Gasteiger partial charge in [-0.1, -0.05) is 18.2 Å². The number of amides is 1. The number of nitrogens with zero attached hydrogens (tertiary/aromatic N) is 1. The average molecular weight is 285 g/mol. The molecule has 19 heavy (non-hydrogen) atoms. The van der Waals surface area contributed by atoms with Gasteiger partial charge < -0.3 is 4.90 Å². The lowest BCUT2D eigenvalue weighted by molar-refractivity contribution is 0.0684. The van der Waals surface area contributed by atoms with Gasteiger partial charge in [0.25, 0.3) is 5.91 Å². The van der Waals surface area contributed by atoms with Crippen LogP contribution in [0, 0.1) is 5.92 Å². The molecule has 1 aromatic rings. The van der Waals surface area contributed by atoms with E-state index in [-0.39, 0.29) is 11.8 Å². The van der Waals surface area contributed by atoms with Gasteiger partial charge in [-0.25, -0.2) is 0 Å². The molecule has 1 aromatic carbocycles. The molecular weight excluding hydrogens is 269 g/mol. The third-order valence-electron chi connectivity index (χ3n) is 3.26. The lowest BCUT2D eigenvalue weighted by Crippen LogP contribution is -2.41. The molecule has 0 bridgehead atoms. The van der Waals surface area contributed by atoms with E-state index in [4.69, 9.17) is 0 Å². The molecule has 0 unspecified atom stereocenters. The van der Waals surface area contributed by atoms with E-state index in [0.29, 0.717) is 31.5 Å². The molecule has 0 N–H and O–H groups in total. The second-order valence-corrected chi connectivity index (χ2v) is 6.24. The fourth-order valence-electron chi connectivity index (χ4n) is 2.43. The number of piperidine rings is 1. The molecule has 1 aliphatic rings. The van der Waals surface area contributed by atoms with Crippen LogP contribution in [0.15, 0.2) is 30.3 Å². The molecule has 1 amide bonds. The van der Waals surface area contributed by atoms with Crippen molar-refractivity contribution in [2.75, 3.05) is 18.8 Å². The zero-order valence-corrected chi connectivity index (χ0v) is 11.3. The first-order chi connectivity index (χ1) is 8.96. The summed E-state index contributed by atoms with van der Waals surface area (Å²) in [4.78, 5) is 13.8. The second-order valence-electron chi connectivity index (χ2n) is 4.83. The molecule has 0 aromatic heterocycles. The van der Waals surface area contributed by atoms with Crippen LogP contribution in [0.2, 0.25) is 0 Å². The first-order valence-electron chi connectivity index (χ1n) is 6.22. The van der Waals surface area contributed by atoms with Crippen molar-refractivity contribution in [1.29, 1.82) is 0 Å². The van der Waals surface area contributed by atoms with Crippen molar-refractivity contribution in [3.8, 4) is 0 Å². The molecule has 0 radical (unpaired) electrons. The van der Waals surface area contributed by atoms with Crippen LogP contribution >= 0.6 is 0 Å². The van der Waals surface area contributed by atoms with E-state index >= 15 is 0 Å². The molecule has 0 aliphatic carbocycles. The normalized spacial score (nSPS) is 20.3. The Morgan fingerprint density at radius 1 is 1.32 bits per heavy atom. The van der Waals surface area contributed by atoms with Crippen LogP contribution < -0.4 is 0 Å². The monoisotopic (exact) mass is 285 g/mol. The fraction of sp³-hybridized carbons (Fsp3) is 0.462. The van der Waals surface area contributed by atoms with Gasteiger partial charge in [0.2, 0.25) is 0 Å². The minimum Gasteiger partial charge on any atom is -0.338 e. The topological polar surface area (TPSA) is 54.5 Å². The largest absolute Gasteiger partial charge is 0.338 e. The Morgan fingerprint density at radius 2 is 2.00 bits per heavy atom. The van der Waals surface area contributed by atoms with E-state index < -0.39 is 16.0 Å². The zero-order chi connectivity index (χ0) is 13.9. The van der Waals surface area contributed by atoms with Gasteiger partial charge in [0.15, 0.2) is 0 Å². The molecule has 104 valence electrons. The molecule has 4 nitrogen and oxygen atoms in total. The third kappa shape index (κ3) is 4.02. The maximum atomic E-state index is 12.7. The molecule has 1 aliphatic heterocycles. The van der Waals surface area contributed by atoms with E-state index in [9.17, 15) is 17.1 Å². The predicted molar refractivity (Wildman–Crippen MR) is 70.0 cm³/mol. The van der Waals surface area contributed by atoms with Crippen LogP contribution in [-0.2, 0) is 10.2 Å². The number of rotatable bonds is 3. The number of hydrogen-bond acceptors (Lipinski definition) is 3. The van der Waals surface area contributed by atoms with Crippen molar-refractivity contribution >= 4 is 16.1 Å². The predicted octanol–water partition coefficient (Wildman–Crippen LogP) is 1.84. The summed E-state index contributed by atoms with van der Waals surface area (Å²) < 4.78 is 34.0. The lowest BCUT2D eigenvalue weighted by atomic mass is 9.99.